The van der Waals surface area contributed by atoms with E-state index in [0.29, 0.717) is 18.6 Å². The molecule has 1 aromatic carbocycles. The third-order valence-corrected chi connectivity index (χ3v) is 4.17. The van der Waals surface area contributed by atoms with Crippen LogP contribution in [-0.4, -0.2) is 76.1 Å². The lowest BCUT2D eigenvalue weighted by Crippen LogP contribution is -2.60. The summed E-state index contributed by atoms with van der Waals surface area (Å²) in [6, 6.07) is 5.18. The molecule has 0 saturated carbocycles. The van der Waals surface area contributed by atoms with Crippen molar-refractivity contribution in [3.63, 3.8) is 0 Å². The predicted molar refractivity (Wildman–Crippen MR) is 87.4 cm³/mol. The van der Waals surface area contributed by atoms with Crippen molar-refractivity contribution in [1.82, 2.24) is 0 Å². The van der Waals surface area contributed by atoms with Crippen molar-refractivity contribution in [3.8, 4) is 11.5 Å². The molecule has 5 N–H and O–H groups in total. The van der Waals surface area contributed by atoms with Gasteiger partial charge in [-0.25, -0.2) is 0 Å². The van der Waals surface area contributed by atoms with Crippen molar-refractivity contribution < 1.29 is 39.7 Å². The molecule has 142 valence electrons. The van der Waals surface area contributed by atoms with Crippen LogP contribution in [-0.2, 0) is 11.2 Å². The highest BCUT2D eigenvalue weighted by molar-refractivity contribution is 5.43. The highest BCUT2D eigenvalue weighted by Crippen LogP contribution is 2.32. The van der Waals surface area contributed by atoms with E-state index in [2.05, 4.69) is 0 Å². The van der Waals surface area contributed by atoms with E-state index in [4.69, 9.17) is 14.2 Å². The quantitative estimate of drug-likeness (QED) is 0.428. The average Bonchev–Trinajstić information content (AvgIpc) is 2.60. The topological polar surface area (TPSA) is 129 Å². The summed E-state index contributed by atoms with van der Waals surface area (Å²) in [6.07, 6.45) is -5.89. The van der Waals surface area contributed by atoms with Crippen molar-refractivity contribution in [3.05, 3.63) is 23.8 Å². The minimum absolute atomic E-state index is 0.285. The van der Waals surface area contributed by atoms with Crippen molar-refractivity contribution in [2.24, 2.45) is 0 Å². The lowest BCUT2D eigenvalue weighted by Gasteiger charge is -2.39. The molecule has 1 aromatic rings. The van der Waals surface area contributed by atoms with Crippen LogP contribution in [0.15, 0.2) is 18.2 Å². The third-order valence-electron chi connectivity index (χ3n) is 4.17. The van der Waals surface area contributed by atoms with Crippen LogP contribution >= 0.6 is 0 Å². The fourth-order valence-corrected chi connectivity index (χ4v) is 2.63. The fraction of sp³-hybridized carbons (Fsp3) is 0.647. The Bertz CT molecular complexity index is 547. The lowest BCUT2D eigenvalue weighted by molar-refractivity contribution is -0.277. The number of hydrogen-bond donors (Lipinski definition) is 5. The standard InChI is InChI=1S/C17H26O8/c1-9(19)3-4-10-5-6-11(12(7-10)23-2)24-17-16(22)15(21)14(20)13(8-18)25-17/h5-7,9,13-22H,3-4,8H2,1-2H3/t9?,13-,14-,15+,16-,17+/m1/s1. The zero-order valence-electron chi connectivity index (χ0n) is 14.3. The van der Waals surface area contributed by atoms with Gasteiger partial charge in [-0.1, -0.05) is 6.07 Å². The van der Waals surface area contributed by atoms with Crippen LogP contribution < -0.4 is 9.47 Å². The van der Waals surface area contributed by atoms with Gasteiger partial charge in [0.05, 0.1) is 19.8 Å². The number of aliphatic hydroxyl groups is 5. The van der Waals surface area contributed by atoms with E-state index < -0.39 is 43.4 Å². The van der Waals surface area contributed by atoms with Crippen molar-refractivity contribution in [1.29, 1.82) is 0 Å². The Labute approximate surface area is 146 Å². The van der Waals surface area contributed by atoms with Gasteiger partial charge in [-0.05, 0) is 37.5 Å². The molecule has 8 heteroatoms. The fourth-order valence-electron chi connectivity index (χ4n) is 2.63. The van der Waals surface area contributed by atoms with Gasteiger partial charge in [0.1, 0.15) is 24.4 Å². The van der Waals surface area contributed by atoms with Gasteiger partial charge in [-0.3, -0.25) is 0 Å². The summed E-state index contributed by atoms with van der Waals surface area (Å²) < 4.78 is 16.2. The molecule has 1 fully saturated rings. The summed E-state index contributed by atoms with van der Waals surface area (Å²) >= 11 is 0. The lowest BCUT2D eigenvalue weighted by atomic mass is 9.99. The number of hydrogen-bond acceptors (Lipinski definition) is 8. The molecular formula is C17H26O8. The zero-order valence-corrected chi connectivity index (χ0v) is 14.3. The third kappa shape index (κ3) is 4.81. The number of aliphatic hydroxyl groups excluding tert-OH is 5. The first-order valence-corrected chi connectivity index (χ1v) is 8.19. The molecule has 0 spiro atoms. The second-order valence-corrected chi connectivity index (χ2v) is 6.19. The first kappa shape index (κ1) is 19.9. The minimum Gasteiger partial charge on any atom is -0.493 e. The Kier molecular flexibility index (Phi) is 7.00. The number of methoxy groups -OCH3 is 1. The number of rotatable bonds is 7. The summed E-state index contributed by atoms with van der Waals surface area (Å²) in [7, 11) is 1.47. The smallest absolute Gasteiger partial charge is 0.229 e. The minimum atomic E-state index is -1.51. The molecule has 1 unspecified atom stereocenters. The maximum atomic E-state index is 10.0. The molecule has 6 atom stereocenters. The molecule has 1 saturated heterocycles. The van der Waals surface area contributed by atoms with E-state index in [0.717, 1.165) is 5.56 Å². The van der Waals surface area contributed by atoms with Gasteiger partial charge in [0.15, 0.2) is 11.5 Å². The summed E-state index contributed by atoms with van der Waals surface area (Å²) in [6.45, 7) is 1.19. The van der Waals surface area contributed by atoms with Crippen LogP contribution in [0.1, 0.15) is 18.9 Å². The molecule has 0 aliphatic carbocycles. The van der Waals surface area contributed by atoms with Gasteiger partial charge >= 0.3 is 0 Å². The Morgan fingerprint density at radius 3 is 2.44 bits per heavy atom. The van der Waals surface area contributed by atoms with Crippen LogP contribution in [0.4, 0.5) is 0 Å². The molecule has 2 rings (SSSR count). The summed E-state index contributed by atoms with van der Waals surface area (Å²) in [5.41, 5.74) is 0.943. The highest BCUT2D eigenvalue weighted by atomic mass is 16.7. The maximum absolute atomic E-state index is 10.0. The average molecular weight is 358 g/mol. The van der Waals surface area contributed by atoms with Gasteiger partial charge in [-0.15, -0.1) is 0 Å². The largest absolute Gasteiger partial charge is 0.493 e. The summed E-state index contributed by atoms with van der Waals surface area (Å²) in [5, 5.41) is 48.2. The molecule has 1 aliphatic heterocycles. The van der Waals surface area contributed by atoms with E-state index in [1.54, 1.807) is 25.1 Å². The summed E-state index contributed by atoms with van der Waals surface area (Å²) in [5.74, 6) is 0.688. The molecule has 8 nitrogen and oxygen atoms in total. The molecule has 0 amide bonds. The second kappa shape index (κ2) is 8.79. The van der Waals surface area contributed by atoms with E-state index in [1.165, 1.54) is 7.11 Å². The van der Waals surface area contributed by atoms with Gasteiger partial charge in [-0.2, -0.15) is 0 Å². The second-order valence-electron chi connectivity index (χ2n) is 6.19. The Morgan fingerprint density at radius 1 is 1.12 bits per heavy atom. The molecule has 0 bridgehead atoms. The number of ether oxygens (including phenoxy) is 3. The zero-order chi connectivity index (χ0) is 18.6. The van der Waals surface area contributed by atoms with Crippen LogP contribution in [0, 0.1) is 0 Å². The first-order chi connectivity index (χ1) is 11.9. The van der Waals surface area contributed by atoms with E-state index in [9.17, 15) is 25.5 Å². The van der Waals surface area contributed by atoms with Gasteiger partial charge in [0.25, 0.3) is 0 Å². The van der Waals surface area contributed by atoms with Crippen LogP contribution in [0.3, 0.4) is 0 Å². The van der Waals surface area contributed by atoms with Gasteiger partial charge in [0.2, 0.25) is 6.29 Å². The predicted octanol–water partition coefficient (Wildman–Crippen LogP) is -0.813. The molecule has 0 aromatic heterocycles. The summed E-state index contributed by atoms with van der Waals surface area (Å²) in [4.78, 5) is 0. The Hall–Kier alpha value is -1.42. The van der Waals surface area contributed by atoms with Crippen LogP contribution in [0.25, 0.3) is 0 Å². The highest BCUT2D eigenvalue weighted by Gasteiger charge is 2.44. The van der Waals surface area contributed by atoms with Crippen molar-refractivity contribution >= 4 is 0 Å². The normalized spacial score (nSPS) is 30.8. The van der Waals surface area contributed by atoms with Crippen LogP contribution in [0.2, 0.25) is 0 Å². The van der Waals surface area contributed by atoms with E-state index in [1.807, 2.05) is 0 Å². The van der Waals surface area contributed by atoms with Crippen molar-refractivity contribution in [2.45, 2.75) is 56.6 Å². The van der Waals surface area contributed by atoms with Crippen LogP contribution in [0.5, 0.6) is 11.5 Å². The van der Waals surface area contributed by atoms with Gasteiger partial charge < -0.3 is 39.7 Å². The SMILES string of the molecule is COc1cc(CCC(C)O)ccc1O[C@H]1O[C@H](CO)[C@@H](O)[C@H](O)[C@H]1O. The Balaban J connectivity index is 2.12. The molecule has 1 aliphatic rings. The molecular weight excluding hydrogens is 332 g/mol. The number of benzene rings is 1. The molecule has 1 heterocycles. The molecule has 0 radical (unpaired) electrons. The maximum Gasteiger partial charge on any atom is 0.229 e. The number of aryl methyl sites for hydroxylation is 1. The molecule has 25 heavy (non-hydrogen) atoms. The monoisotopic (exact) mass is 358 g/mol. The first-order valence-electron chi connectivity index (χ1n) is 8.19. The van der Waals surface area contributed by atoms with Gasteiger partial charge in [0, 0.05) is 0 Å². The van der Waals surface area contributed by atoms with E-state index >= 15 is 0 Å². The van der Waals surface area contributed by atoms with Crippen molar-refractivity contribution in [2.75, 3.05) is 13.7 Å². The Morgan fingerprint density at radius 2 is 1.84 bits per heavy atom. The van der Waals surface area contributed by atoms with E-state index in [-0.39, 0.29) is 5.75 Å².